The number of nitrogens with two attached hydrogens (primary N) is 1. The number of amides is 1. The molecule has 2 atom stereocenters. The van der Waals surface area contributed by atoms with Crippen LogP contribution >= 0.6 is 0 Å². The van der Waals surface area contributed by atoms with Crippen molar-refractivity contribution in [3.8, 4) is 0 Å². The topological polar surface area (TPSA) is 89.5 Å². The van der Waals surface area contributed by atoms with E-state index in [2.05, 4.69) is 0 Å². The zero-order valence-corrected chi connectivity index (χ0v) is 11.5. The fourth-order valence-corrected chi connectivity index (χ4v) is 2.73. The first-order valence-corrected chi connectivity index (χ1v) is 6.84. The number of hydrogen-bond donors (Lipinski definition) is 1. The van der Waals surface area contributed by atoms with Gasteiger partial charge >= 0.3 is 0 Å². The number of carbonyl (C=O) groups excluding carboxylic acids is 1. The van der Waals surface area contributed by atoms with E-state index in [1.165, 1.54) is 12.1 Å². The molecule has 1 heterocycles. The Morgan fingerprint density at radius 3 is 2.90 bits per heavy atom. The van der Waals surface area contributed by atoms with Crippen molar-refractivity contribution in [1.29, 1.82) is 0 Å². The Balaban J connectivity index is 2.37. The molecule has 6 heteroatoms. The molecular weight excluding hydrogens is 258 g/mol. The number of likely N-dealkylation sites (tertiary alicyclic amines) is 1. The monoisotopic (exact) mass is 277 g/mol. The molecule has 1 aromatic rings. The fraction of sp³-hybridized carbons (Fsp3) is 0.500. The Morgan fingerprint density at radius 1 is 1.50 bits per heavy atom. The Morgan fingerprint density at radius 2 is 2.25 bits per heavy atom. The molecular formula is C14H19N3O3. The summed E-state index contributed by atoms with van der Waals surface area (Å²) in [6, 6.07) is 5.97. The van der Waals surface area contributed by atoms with Crippen molar-refractivity contribution in [2.24, 2.45) is 5.73 Å². The lowest BCUT2D eigenvalue weighted by atomic mass is 9.90. The number of piperidine rings is 1. The van der Waals surface area contributed by atoms with Crippen molar-refractivity contribution < 1.29 is 9.72 Å². The molecule has 1 aromatic carbocycles. The maximum absolute atomic E-state index is 12.1. The molecule has 1 amide bonds. The number of nitrogens with zero attached hydrogens (tertiary/aromatic N) is 2. The van der Waals surface area contributed by atoms with Crippen LogP contribution in [0.5, 0.6) is 0 Å². The average Bonchev–Trinajstić information content (AvgIpc) is 2.43. The highest BCUT2D eigenvalue weighted by molar-refractivity contribution is 5.78. The van der Waals surface area contributed by atoms with Gasteiger partial charge in [-0.3, -0.25) is 14.9 Å². The van der Waals surface area contributed by atoms with E-state index in [1.54, 1.807) is 17.0 Å². The van der Waals surface area contributed by atoms with E-state index >= 15 is 0 Å². The lowest BCUT2D eigenvalue weighted by Crippen LogP contribution is -2.49. The van der Waals surface area contributed by atoms with Crippen LogP contribution in [0.1, 0.15) is 37.8 Å². The second kappa shape index (κ2) is 6.00. The summed E-state index contributed by atoms with van der Waals surface area (Å²) in [5.41, 5.74) is 6.93. The van der Waals surface area contributed by atoms with Crippen molar-refractivity contribution in [3.05, 3.63) is 39.9 Å². The lowest BCUT2D eigenvalue weighted by molar-refractivity contribution is -0.385. The van der Waals surface area contributed by atoms with Gasteiger partial charge in [0, 0.05) is 31.1 Å². The van der Waals surface area contributed by atoms with Crippen LogP contribution in [0.3, 0.4) is 0 Å². The molecule has 1 aliphatic heterocycles. The molecule has 6 nitrogen and oxygen atoms in total. The first kappa shape index (κ1) is 14.5. The summed E-state index contributed by atoms with van der Waals surface area (Å²) in [5, 5.41) is 10.9. The van der Waals surface area contributed by atoms with E-state index in [1.807, 2.05) is 6.92 Å². The molecule has 0 spiro atoms. The minimum absolute atomic E-state index is 0.0316. The van der Waals surface area contributed by atoms with Gasteiger partial charge in [-0.15, -0.1) is 0 Å². The van der Waals surface area contributed by atoms with E-state index in [9.17, 15) is 14.9 Å². The van der Waals surface area contributed by atoms with Crippen LogP contribution in [0, 0.1) is 10.1 Å². The minimum atomic E-state index is -0.427. The molecule has 0 bridgehead atoms. The summed E-state index contributed by atoms with van der Waals surface area (Å²) in [5.74, 6) is 0.0741. The highest BCUT2D eigenvalue weighted by Crippen LogP contribution is 2.32. The molecule has 0 aromatic heterocycles. The van der Waals surface area contributed by atoms with Gasteiger partial charge in [0.2, 0.25) is 5.91 Å². The third kappa shape index (κ3) is 2.80. The molecule has 108 valence electrons. The molecule has 0 saturated carbocycles. The van der Waals surface area contributed by atoms with E-state index in [0.29, 0.717) is 19.4 Å². The molecule has 2 N–H and O–H groups in total. The number of nitro benzene ring substituents is 1. The van der Waals surface area contributed by atoms with Gasteiger partial charge in [-0.05, 0) is 18.4 Å². The number of benzene rings is 1. The molecule has 0 aliphatic carbocycles. The predicted octanol–water partition coefficient (Wildman–Crippen LogP) is 2.00. The summed E-state index contributed by atoms with van der Waals surface area (Å²) >= 11 is 0. The van der Waals surface area contributed by atoms with Crippen molar-refractivity contribution >= 4 is 11.6 Å². The van der Waals surface area contributed by atoms with Gasteiger partial charge in [0.15, 0.2) is 0 Å². The Labute approximate surface area is 117 Å². The van der Waals surface area contributed by atoms with Crippen molar-refractivity contribution in [2.45, 2.75) is 38.3 Å². The molecule has 0 radical (unpaired) electrons. The summed E-state index contributed by atoms with van der Waals surface area (Å²) in [6.45, 7) is 2.62. The summed E-state index contributed by atoms with van der Waals surface area (Å²) in [7, 11) is 0. The summed E-state index contributed by atoms with van der Waals surface area (Å²) in [6.07, 6.45) is 1.91. The van der Waals surface area contributed by atoms with Crippen molar-refractivity contribution in [2.75, 3.05) is 6.54 Å². The second-order valence-electron chi connectivity index (χ2n) is 5.09. The molecule has 2 rings (SSSR count). The van der Waals surface area contributed by atoms with Crippen LogP contribution in [0.25, 0.3) is 0 Å². The van der Waals surface area contributed by atoms with Gasteiger partial charge in [-0.1, -0.05) is 19.1 Å². The molecule has 20 heavy (non-hydrogen) atoms. The Hall–Kier alpha value is -1.95. The van der Waals surface area contributed by atoms with Crippen molar-refractivity contribution in [3.63, 3.8) is 0 Å². The van der Waals surface area contributed by atoms with Crippen LogP contribution in [0.2, 0.25) is 0 Å². The average molecular weight is 277 g/mol. The number of non-ortho nitro benzene ring substituents is 1. The zero-order chi connectivity index (χ0) is 14.7. The highest BCUT2D eigenvalue weighted by Gasteiger charge is 2.34. The second-order valence-corrected chi connectivity index (χ2v) is 5.09. The van der Waals surface area contributed by atoms with Crippen LogP contribution in [-0.2, 0) is 4.79 Å². The smallest absolute Gasteiger partial charge is 0.269 e. The number of nitro groups is 1. The van der Waals surface area contributed by atoms with Gasteiger partial charge in [-0.25, -0.2) is 0 Å². The fourth-order valence-electron chi connectivity index (χ4n) is 2.73. The SMILES string of the molecule is CCCN1C(=O)CCC(N)C1c1cccc([N+](=O)[O-])c1. The van der Waals surface area contributed by atoms with Crippen molar-refractivity contribution in [1.82, 2.24) is 4.90 Å². The van der Waals surface area contributed by atoms with Gasteiger partial charge in [-0.2, -0.15) is 0 Å². The first-order chi connectivity index (χ1) is 9.54. The van der Waals surface area contributed by atoms with E-state index < -0.39 is 4.92 Å². The number of carbonyl (C=O) groups is 1. The van der Waals surface area contributed by atoms with Gasteiger partial charge in [0.05, 0.1) is 11.0 Å². The maximum Gasteiger partial charge on any atom is 0.269 e. The molecule has 1 saturated heterocycles. The highest BCUT2D eigenvalue weighted by atomic mass is 16.6. The van der Waals surface area contributed by atoms with Gasteiger partial charge < -0.3 is 10.6 Å². The van der Waals surface area contributed by atoms with Crippen LogP contribution in [0.4, 0.5) is 5.69 Å². The third-order valence-corrected chi connectivity index (χ3v) is 3.64. The summed E-state index contributed by atoms with van der Waals surface area (Å²) in [4.78, 5) is 24.3. The Kier molecular flexibility index (Phi) is 4.34. The largest absolute Gasteiger partial charge is 0.334 e. The maximum atomic E-state index is 12.1. The number of rotatable bonds is 4. The zero-order valence-electron chi connectivity index (χ0n) is 11.5. The van der Waals surface area contributed by atoms with Crippen LogP contribution < -0.4 is 5.73 Å². The lowest BCUT2D eigenvalue weighted by Gasteiger charge is -2.39. The quantitative estimate of drug-likeness (QED) is 0.673. The van der Waals surface area contributed by atoms with Crippen LogP contribution in [0.15, 0.2) is 24.3 Å². The molecule has 1 aliphatic rings. The van der Waals surface area contributed by atoms with Gasteiger partial charge in [0.1, 0.15) is 0 Å². The standard InChI is InChI=1S/C14H19N3O3/c1-2-8-16-13(18)7-6-12(15)14(16)10-4-3-5-11(9-10)17(19)20/h3-5,9,12,14H,2,6-8,15H2,1H3. The molecule has 2 unspecified atom stereocenters. The minimum Gasteiger partial charge on any atom is -0.334 e. The summed E-state index contributed by atoms with van der Waals surface area (Å²) < 4.78 is 0. The first-order valence-electron chi connectivity index (χ1n) is 6.84. The van der Waals surface area contributed by atoms with E-state index in [-0.39, 0.29) is 23.7 Å². The van der Waals surface area contributed by atoms with Crippen LogP contribution in [-0.4, -0.2) is 28.3 Å². The van der Waals surface area contributed by atoms with Gasteiger partial charge in [0.25, 0.3) is 5.69 Å². The third-order valence-electron chi connectivity index (χ3n) is 3.64. The van der Waals surface area contributed by atoms with E-state index in [4.69, 9.17) is 5.73 Å². The molecule has 1 fully saturated rings. The van der Waals surface area contributed by atoms with E-state index in [0.717, 1.165) is 12.0 Å². The normalized spacial score (nSPS) is 22.9. The number of hydrogen-bond acceptors (Lipinski definition) is 4. The predicted molar refractivity (Wildman–Crippen MR) is 75.1 cm³/mol. The Bertz CT molecular complexity index is 518.